The van der Waals surface area contributed by atoms with Gasteiger partial charge >= 0.3 is 0 Å². The van der Waals surface area contributed by atoms with Gasteiger partial charge in [-0.05, 0) is 24.8 Å². The predicted octanol–water partition coefficient (Wildman–Crippen LogP) is 1.64. The van der Waals surface area contributed by atoms with Crippen LogP contribution in [-0.2, 0) is 10.0 Å². The van der Waals surface area contributed by atoms with Crippen molar-refractivity contribution in [2.45, 2.75) is 11.8 Å². The molecule has 0 heterocycles. The first-order chi connectivity index (χ1) is 7.08. The Morgan fingerprint density at radius 1 is 1.33 bits per heavy atom. The van der Waals surface area contributed by atoms with Gasteiger partial charge in [-0.3, -0.25) is 0 Å². The Morgan fingerprint density at radius 3 is 2.60 bits per heavy atom. The maximum atomic E-state index is 11.8. The molecule has 0 saturated carbocycles. The summed E-state index contributed by atoms with van der Waals surface area (Å²) in [6.45, 7) is 2.26. The van der Waals surface area contributed by atoms with Crippen LogP contribution in [0.15, 0.2) is 29.2 Å². The number of hydrogen-bond acceptors (Lipinski definition) is 3. The third kappa shape index (κ3) is 3.52. The third-order valence-electron chi connectivity index (χ3n) is 1.98. The number of rotatable bonds is 5. The van der Waals surface area contributed by atoms with Crippen LogP contribution < -0.4 is 4.72 Å². The molecule has 15 heavy (non-hydrogen) atoms. The van der Waals surface area contributed by atoms with Crippen LogP contribution >= 0.6 is 11.8 Å². The van der Waals surface area contributed by atoms with Gasteiger partial charge in [-0.2, -0.15) is 11.8 Å². The molecule has 5 heteroatoms. The van der Waals surface area contributed by atoms with Gasteiger partial charge in [0.05, 0.1) is 4.90 Å². The molecular formula is C10H15NO2S2. The lowest BCUT2D eigenvalue weighted by atomic mass is 10.2. The maximum absolute atomic E-state index is 11.8. The molecule has 1 aromatic carbocycles. The molecule has 84 valence electrons. The summed E-state index contributed by atoms with van der Waals surface area (Å²) < 4.78 is 26.2. The van der Waals surface area contributed by atoms with Gasteiger partial charge in [0, 0.05) is 12.3 Å². The zero-order chi connectivity index (χ0) is 11.3. The first kappa shape index (κ1) is 12.5. The highest BCUT2D eigenvalue weighted by Gasteiger charge is 2.14. The molecule has 0 saturated heterocycles. The van der Waals surface area contributed by atoms with Crippen molar-refractivity contribution in [2.75, 3.05) is 18.6 Å². The Balaban J connectivity index is 2.83. The molecule has 0 radical (unpaired) electrons. The molecule has 3 nitrogen and oxygen atoms in total. The van der Waals surface area contributed by atoms with Gasteiger partial charge in [0.1, 0.15) is 0 Å². The van der Waals surface area contributed by atoms with E-state index >= 15 is 0 Å². The zero-order valence-electron chi connectivity index (χ0n) is 8.86. The van der Waals surface area contributed by atoms with Crippen LogP contribution in [0.3, 0.4) is 0 Å². The van der Waals surface area contributed by atoms with E-state index in [-0.39, 0.29) is 0 Å². The quantitative estimate of drug-likeness (QED) is 0.802. The molecule has 0 atom stereocenters. The minimum Gasteiger partial charge on any atom is -0.210 e. The van der Waals surface area contributed by atoms with Gasteiger partial charge in [0.25, 0.3) is 0 Å². The summed E-state index contributed by atoms with van der Waals surface area (Å²) in [4.78, 5) is 0.367. The predicted molar refractivity (Wildman–Crippen MR) is 64.7 cm³/mol. The summed E-state index contributed by atoms with van der Waals surface area (Å²) in [5.74, 6) is 0.783. The minimum absolute atomic E-state index is 0.367. The van der Waals surface area contributed by atoms with Crippen LogP contribution in [0.1, 0.15) is 5.56 Å². The molecule has 0 aromatic heterocycles. The van der Waals surface area contributed by atoms with Crippen LogP contribution in [0.2, 0.25) is 0 Å². The van der Waals surface area contributed by atoms with Crippen molar-refractivity contribution >= 4 is 21.8 Å². The lowest BCUT2D eigenvalue weighted by Gasteiger charge is -2.08. The average Bonchev–Trinajstić information content (AvgIpc) is 2.18. The summed E-state index contributed by atoms with van der Waals surface area (Å²) in [6, 6.07) is 6.98. The van der Waals surface area contributed by atoms with E-state index in [0.717, 1.165) is 11.3 Å². The Kier molecular flexibility index (Phi) is 4.63. The van der Waals surface area contributed by atoms with Crippen LogP contribution in [-0.4, -0.2) is 27.0 Å². The van der Waals surface area contributed by atoms with Crippen molar-refractivity contribution in [3.05, 3.63) is 29.8 Å². The molecule has 0 aliphatic rings. The Labute approximate surface area is 95.3 Å². The van der Waals surface area contributed by atoms with E-state index < -0.39 is 10.0 Å². The van der Waals surface area contributed by atoms with Crippen molar-refractivity contribution in [3.63, 3.8) is 0 Å². The lowest BCUT2D eigenvalue weighted by molar-refractivity contribution is 0.583. The highest BCUT2D eigenvalue weighted by molar-refractivity contribution is 7.98. The largest absolute Gasteiger partial charge is 0.240 e. The molecule has 0 amide bonds. The second-order valence-corrected chi connectivity index (χ2v) is 5.88. The zero-order valence-corrected chi connectivity index (χ0v) is 10.5. The molecule has 0 aliphatic carbocycles. The van der Waals surface area contributed by atoms with Crippen LogP contribution in [0, 0.1) is 6.92 Å². The van der Waals surface area contributed by atoms with Gasteiger partial charge < -0.3 is 0 Å². The number of aryl methyl sites for hydroxylation is 1. The van der Waals surface area contributed by atoms with Crippen molar-refractivity contribution in [2.24, 2.45) is 0 Å². The van der Waals surface area contributed by atoms with E-state index in [1.165, 1.54) is 0 Å². The topological polar surface area (TPSA) is 46.2 Å². The first-order valence-corrected chi connectivity index (χ1v) is 7.50. The highest BCUT2D eigenvalue weighted by atomic mass is 32.2. The lowest BCUT2D eigenvalue weighted by Crippen LogP contribution is -2.26. The van der Waals surface area contributed by atoms with Gasteiger partial charge in [-0.25, -0.2) is 13.1 Å². The summed E-state index contributed by atoms with van der Waals surface area (Å²) in [5.41, 5.74) is 0.772. The van der Waals surface area contributed by atoms with E-state index in [9.17, 15) is 8.42 Å². The first-order valence-electron chi connectivity index (χ1n) is 4.62. The normalized spacial score (nSPS) is 11.6. The van der Waals surface area contributed by atoms with Gasteiger partial charge in [0.2, 0.25) is 10.0 Å². The molecule has 0 fully saturated rings. The Morgan fingerprint density at radius 2 is 2.00 bits per heavy atom. The number of benzene rings is 1. The van der Waals surface area contributed by atoms with Gasteiger partial charge in [-0.1, -0.05) is 18.2 Å². The molecule has 1 aromatic rings. The fraction of sp³-hybridized carbons (Fsp3) is 0.400. The summed E-state index contributed by atoms with van der Waals surface area (Å²) in [5, 5.41) is 0. The molecule has 0 bridgehead atoms. The fourth-order valence-electron chi connectivity index (χ4n) is 1.21. The molecule has 0 spiro atoms. The standard InChI is InChI=1S/C10H15NO2S2/c1-9-5-3-4-6-10(9)15(12,13)11-7-8-14-2/h3-6,11H,7-8H2,1-2H3. The molecule has 1 rings (SSSR count). The molecule has 0 unspecified atom stereocenters. The Bertz CT molecular complexity index is 415. The second-order valence-electron chi connectivity index (χ2n) is 3.16. The van der Waals surface area contributed by atoms with Crippen molar-refractivity contribution in [1.29, 1.82) is 0 Å². The minimum atomic E-state index is -3.33. The van der Waals surface area contributed by atoms with E-state index in [2.05, 4.69) is 4.72 Å². The summed E-state index contributed by atoms with van der Waals surface area (Å²) in [6.07, 6.45) is 1.95. The second kappa shape index (κ2) is 5.53. The van der Waals surface area contributed by atoms with Crippen LogP contribution in [0.5, 0.6) is 0 Å². The Hall–Kier alpha value is -0.520. The maximum Gasteiger partial charge on any atom is 0.240 e. The number of hydrogen-bond donors (Lipinski definition) is 1. The van der Waals surface area contributed by atoms with Gasteiger partial charge in [0.15, 0.2) is 0 Å². The van der Waals surface area contributed by atoms with Crippen molar-refractivity contribution in [3.8, 4) is 0 Å². The van der Waals surface area contributed by atoms with Crippen molar-refractivity contribution < 1.29 is 8.42 Å². The fourth-order valence-corrected chi connectivity index (χ4v) is 2.93. The number of nitrogens with one attached hydrogen (secondary N) is 1. The number of sulfonamides is 1. The molecule has 1 N–H and O–H groups in total. The van der Waals surface area contributed by atoms with E-state index in [4.69, 9.17) is 0 Å². The summed E-state index contributed by atoms with van der Waals surface area (Å²) in [7, 11) is -3.33. The summed E-state index contributed by atoms with van der Waals surface area (Å²) >= 11 is 1.61. The highest BCUT2D eigenvalue weighted by Crippen LogP contribution is 2.13. The van der Waals surface area contributed by atoms with Crippen molar-refractivity contribution in [1.82, 2.24) is 4.72 Å². The van der Waals surface area contributed by atoms with E-state index in [0.29, 0.717) is 11.4 Å². The average molecular weight is 245 g/mol. The molecule has 0 aliphatic heterocycles. The van der Waals surface area contributed by atoms with Crippen LogP contribution in [0.25, 0.3) is 0 Å². The number of thioether (sulfide) groups is 1. The third-order valence-corrected chi connectivity index (χ3v) is 4.22. The smallest absolute Gasteiger partial charge is 0.210 e. The van der Waals surface area contributed by atoms with Crippen LogP contribution in [0.4, 0.5) is 0 Å². The van der Waals surface area contributed by atoms with E-state index in [1.54, 1.807) is 36.9 Å². The van der Waals surface area contributed by atoms with Gasteiger partial charge in [-0.15, -0.1) is 0 Å². The SMILES string of the molecule is CSCCNS(=O)(=O)c1ccccc1C. The monoisotopic (exact) mass is 245 g/mol. The molecular weight excluding hydrogens is 230 g/mol. The van der Waals surface area contributed by atoms with E-state index in [1.807, 2.05) is 12.3 Å².